The molecule has 1 aliphatic rings. The van der Waals surface area contributed by atoms with Gasteiger partial charge < -0.3 is 5.32 Å². The first-order chi connectivity index (χ1) is 10.9. The number of thioether (sulfide) groups is 1. The van der Waals surface area contributed by atoms with E-state index in [9.17, 15) is 0 Å². The van der Waals surface area contributed by atoms with Gasteiger partial charge in [-0.05, 0) is 61.9 Å². The molecule has 0 spiro atoms. The summed E-state index contributed by atoms with van der Waals surface area (Å²) in [4.78, 5) is 6.05. The second kappa shape index (κ2) is 6.83. The van der Waals surface area contributed by atoms with Gasteiger partial charge in [0.05, 0.1) is 5.54 Å². The zero-order valence-corrected chi connectivity index (χ0v) is 16.8. The molecule has 23 heavy (non-hydrogen) atoms. The van der Waals surface area contributed by atoms with Gasteiger partial charge in [-0.15, -0.1) is 0 Å². The molecule has 2 aromatic rings. The maximum Gasteiger partial charge on any atom is 0.166 e. The summed E-state index contributed by atoms with van der Waals surface area (Å²) in [5.74, 6) is 0. The Balaban J connectivity index is 1.78. The third kappa shape index (κ3) is 4.28. The normalized spacial score (nSPS) is 18.1. The van der Waals surface area contributed by atoms with Crippen molar-refractivity contribution in [3.8, 4) is 0 Å². The van der Waals surface area contributed by atoms with Crippen molar-refractivity contribution in [2.45, 2.75) is 19.4 Å². The standard InChI is InChI=1S/C18H16Br2N2S/c1-18(2)16(11-12-3-5-13(19)6-4-12)23-17(22-18)21-15-9-7-14(20)8-10-15/h3-11H,1-2H3,(H,21,22)/b16-11-. The molecule has 1 heterocycles. The predicted octanol–water partition coefficient (Wildman–Crippen LogP) is 6.55. The Bertz CT molecular complexity index is 763. The SMILES string of the molecule is CC1(C)N=C(Nc2ccc(Br)cc2)S/C1=C\c1ccc(Br)cc1. The molecule has 5 heteroatoms. The van der Waals surface area contributed by atoms with Gasteiger partial charge >= 0.3 is 0 Å². The van der Waals surface area contributed by atoms with E-state index in [0.717, 1.165) is 19.8 Å². The fraction of sp³-hybridized carbons (Fsp3) is 0.167. The Kier molecular flexibility index (Phi) is 4.99. The molecule has 0 bridgehead atoms. The molecule has 0 aromatic heterocycles. The monoisotopic (exact) mass is 450 g/mol. The summed E-state index contributed by atoms with van der Waals surface area (Å²) in [6.07, 6.45) is 2.21. The average Bonchev–Trinajstić information content (AvgIpc) is 2.78. The van der Waals surface area contributed by atoms with E-state index < -0.39 is 0 Å². The fourth-order valence-electron chi connectivity index (χ4n) is 2.19. The molecule has 0 saturated heterocycles. The zero-order valence-electron chi connectivity index (χ0n) is 12.8. The molecule has 2 aromatic carbocycles. The predicted molar refractivity (Wildman–Crippen MR) is 109 cm³/mol. The Labute approximate surface area is 157 Å². The van der Waals surface area contributed by atoms with Crippen LogP contribution in [0.4, 0.5) is 5.69 Å². The summed E-state index contributed by atoms with van der Waals surface area (Å²) in [6, 6.07) is 16.4. The molecule has 0 radical (unpaired) electrons. The van der Waals surface area contributed by atoms with Crippen LogP contribution < -0.4 is 5.32 Å². The van der Waals surface area contributed by atoms with Crippen LogP contribution >= 0.6 is 43.6 Å². The van der Waals surface area contributed by atoms with Crippen LogP contribution in [-0.4, -0.2) is 10.7 Å². The van der Waals surface area contributed by atoms with Gasteiger partial charge in [-0.25, -0.2) is 0 Å². The van der Waals surface area contributed by atoms with Crippen molar-refractivity contribution in [3.05, 3.63) is 67.9 Å². The molecule has 0 unspecified atom stereocenters. The van der Waals surface area contributed by atoms with E-state index in [1.54, 1.807) is 11.8 Å². The summed E-state index contributed by atoms with van der Waals surface area (Å²) < 4.78 is 2.16. The summed E-state index contributed by atoms with van der Waals surface area (Å²) in [5.41, 5.74) is 2.01. The van der Waals surface area contributed by atoms with Crippen LogP contribution in [0.15, 0.2) is 67.4 Å². The lowest BCUT2D eigenvalue weighted by molar-refractivity contribution is 0.659. The minimum Gasteiger partial charge on any atom is -0.335 e. The van der Waals surface area contributed by atoms with E-state index in [1.807, 2.05) is 24.3 Å². The Morgan fingerprint density at radius 3 is 2.13 bits per heavy atom. The van der Waals surface area contributed by atoms with Crippen LogP contribution in [0.25, 0.3) is 6.08 Å². The third-order valence-corrected chi connectivity index (χ3v) is 5.74. The lowest BCUT2D eigenvalue weighted by Crippen LogP contribution is -2.14. The van der Waals surface area contributed by atoms with Gasteiger partial charge in [0.1, 0.15) is 0 Å². The Morgan fingerprint density at radius 2 is 1.52 bits per heavy atom. The van der Waals surface area contributed by atoms with Crippen LogP contribution in [0.2, 0.25) is 0 Å². The van der Waals surface area contributed by atoms with Gasteiger partial charge in [-0.3, -0.25) is 4.99 Å². The highest BCUT2D eigenvalue weighted by Crippen LogP contribution is 2.40. The number of rotatable bonds is 2. The van der Waals surface area contributed by atoms with Crippen molar-refractivity contribution >= 4 is 60.6 Å². The van der Waals surface area contributed by atoms with Gasteiger partial charge in [0, 0.05) is 19.5 Å². The molecule has 1 N–H and O–H groups in total. The number of halogens is 2. The second-order valence-electron chi connectivity index (χ2n) is 5.77. The van der Waals surface area contributed by atoms with Crippen LogP contribution in [0.3, 0.4) is 0 Å². The number of aliphatic imine (C=N–C) groups is 1. The van der Waals surface area contributed by atoms with E-state index in [2.05, 4.69) is 81.4 Å². The lowest BCUT2D eigenvalue weighted by atomic mass is 10.0. The number of benzene rings is 2. The third-order valence-electron chi connectivity index (χ3n) is 3.45. The van der Waals surface area contributed by atoms with Crippen molar-refractivity contribution in [2.24, 2.45) is 4.99 Å². The molecular formula is C18H16Br2N2S. The molecule has 0 fully saturated rings. The number of anilines is 1. The van der Waals surface area contributed by atoms with E-state index in [-0.39, 0.29) is 5.54 Å². The minimum absolute atomic E-state index is 0.213. The molecular weight excluding hydrogens is 436 g/mol. The molecule has 0 aliphatic carbocycles. The summed E-state index contributed by atoms with van der Waals surface area (Å²) >= 11 is 8.61. The van der Waals surface area contributed by atoms with Gasteiger partial charge in [0.15, 0.2) is 5.17 Å². The molecule has 1 aliphatic heterocycles. The largest absolute Gasteiger partial charge is 0.335 e. The van der Waals surface area contributed by atoms with Gasteiger partial charge in [0.2, 0.25) is 0 Å². The topological polar surface area (TPSA) is 24.4 Å². The summed E-state index contributed by atoms with van der Waals surface area (Å²) in [6.45, 7) is 4.28. The number of hydrogen-bond donors (Lipinski definition) is 1. The smallest absolute Gasteiger partial charge is 0.166 e. The second-order valence-corrected chi connectivity index (χ2v) is 8.63. The molecule has 3 rings (SSSR count). The highest BCUT2D eigenvalue weighted by molar-refractivity contribution is 9.10. The maximum absolute atomic E-state index is 4.81. The number of nitrogens with one attached hydrogen (secondary N) is 1. The first-order valence-electron chi connectivity index (χ1n) is 7.20. The van der Waals surface area contributed by atoms with Crippen molar-refractivity contribution in [1.82, 2.24) is 0 Å². The van der Waals surface area contributed by atoms with Crippen LogP contribution in [0.5, 0.6) is 0 Å². The van der Waals surface area contributed by atoms with E-state index in [1.165, 1.54) is 10.5 Å². The summed E-state index contributed by atoms with van der Waals surface area (Å²) in [5, 5.41) is 4.32. The van der Waals surface area contributed by atoms with Crippen molar-refractivity contribution in [3.63, 3.8) is 0 Å². The average molecular weight is 452 g/mol. The van der Waals surface area contributed by atoms with Crippen LogP contribution in [-0.2, 0) is 0 Å². The van der Waals surface area contributed by atoms with Crippen LogP contribution in [0.1, 0.15) is 19.4 Å². The number of nitrogens with zero attached hydrogens (tertiary/aromatic N) is 1. The molecule has 0 saturated carbocycles. The maximum atomic E-state index is 4.81. The first-order valence-corrected chi connectivity index (χ1v) is 9.61. The van der Waals surface area contributed by atoms with Crippen molar-refractivity contribution in [1.29, 1.82) is 0 Å². The first kappa shape index (κ1) is 16.8. The Morgan fingerprint density at radius 1 is 0.957 bits per heavy atom. The van der Waals surface area contributed by atoms with Gasteiger partial charge in [-0.2, -0.15) is 0 Å². The van der Waals surface area contributed by atoms with Crippen molar-refractivity contribution < 1.29 is 0 Å². The zero-order chi connectivity index (χ0) is 16.4. The van der Waals surface area contributed by atoms with E-state index >= 15 is 0 Å². The van der Waals surface area contributed by atoms with E-state index in [0.29, 0.717) is 0 Å². The van der Waals surface area contributed by atoms with Gasteiger partial charge in [0.25, 0.3) is 0 Å². The molecule has 0 amide bonds. The highest BCUT2D eigenvalue weighted by atomic mass is 79.9. The Hall–Kier alpha value is -1.04. The quantitative estimate of drug-likeness (QED) is 0.559. The molecule has 0 atom stereocenters. The van der Waals surface area contributed by atoms with Crippen LogP contribution in [0, 0.1) is 0 Å². The fourth-order valence-corrected chi connectivity index (χ4v) is 3.86. The van der Waals surface area contributed by atoms with Crippen molar-refractivity contribution in [2.75, 3.05) is 5.32 Å². The lowest BCUT2D eigenvalue weighted by Gasteiger charge is -2.15. The summed E-state index contributed by atoms with van der Waals surface area (Å²) in [7, 11) is 0. The minimum atomic E-state index is -0.213. The van der Waals surface area contributed by atoms with E-state index in [4.69, 9.17) is 4.99 Å². The molecule has 118 valence electrons. The number of amidine groups is 1. The van der Waals surface area contributed by atoms with Gasteiger partial charge in [-0.1, -0.05) is 55.8 Å². The molecule has 2 nitrogen and oxygen atoms in total. The highest BCUT2D eigenvalue weighted by Gasteiger charge is 2.31. The number of hydrogen-bond acceptors (Lipinski definition) is 3.